The lowest BCUT2D eigenvalue weighted by molar-refractivity contribution is 0.174. The van der Waals surface area contributed by atoms with Gasteiger partial charge in [0.05, 0.1) is 13.2 Å². The summed E-state index contributed by atoms with van der Waals surface area (Å²) < 4.78 is 5.16. The zero-order valence-electron chi connectivity index (χ0n) is 14.5. The Bertz CT molecular complexity index is 666. The lowest BCUT2D eigenvalue weighted by atomic mass is 10.1. The summed E-state index contributed by atoms with van der Waals surface area (Å²) in [5.41, 5.74) is 4.31. The molecule has 1 saturated carbocycles. The smallest absolute Gasteiger partial charge is 0.118 e. The number of ether oxygens (including phenoxy) is 1. The van der Waals surface area contributed by atoms with Gasteiger partial charge in [0, 0.05) is 29.4 Å². The number of rotatable bonds is 8. The van der Waals surface area contributed by atoms with Crippen LogP contribution in [0.1, 0.15) is 47.4 Å². The van der Waals surface area contributed by atoms with Crippen molar-refractivity contribution in [3.63, 3.8) is 0 Å². The SMILES string of the molecule is COc1ccc(CCNC[C@H](O)c2ccc(C3CC3)nc2C)cc1. The average Bonchev–Trinajstić information content (AvgIpc) is 3.44. The van der Waals surface area contributed by atoms with E-state index in [-0.39, 0.29) is 0 Å². The molecule has 1 aromatic carbocycles. The summed E-state index contributed by atoms with van der Waals surface area (Å²) in [4.78, 5) is 4.65. The first kappa shape index (κ1) is 16.9. The predicted octanol–water partition coefficient (Wildman–Crippen LogP) is 3.14. The van der Waals surface area contributed by atoms with Crippen molar-refractivity contribution in [2.45, 2.75) is 38.2 Å². The molecule has 2 N–H and O–H groups in total. The van der Waals surface area contributed by atoms with Crippen molar-refractivity contribution >= 4 is 0 Å². The largest absolute Gasteiger partial charge is 0.497 e. The number of hydrogen-bond acceptors (Lipinski definition) is 4. The summed E-state index contributed by atoms with van der Waals surface area (Å²) in [6.45, 7) is 3.36. The molecular formula is C20H26N2O2. The van der Waals surface area contributed by atoms with Crippen molar-refractivity contribution in [1.29, 1.82) is 0 Å². The normalized spacial score (nSPS) is 15.3. The zero-order valence-corrected chi connectivity index (χ0v) is 14.5. The van der Waals surface area contributed by atoms with Gasteiger partial charge in [-0.2, -0.15) is 0 Å². The highest BCUT2D eigenvalue weighted by Gasteiger charge is 2.25. The lowest BCUT2D eigenvalue weighted by Crippen LogP contribution is -2.24. The van der Waals surface area contributed by atoms with E-state index in [0.717, 1.165) is 30.0 Å². The second-order valence-electron chi connectivity index (χ2n) is 6.50. The van der Waals surface area contributed by atoms with E-state index >= 15 is 0 Å². The number of aryl methyl sites for hydroxylation is 1. The molecular weight excluding hydrogens is 300 g/mol. The van der Waals surface area contributed by atoms with E-state index in [0.29, 0.717) is 12.5 Å². The number of aliphatic hydroxyl groups is 1. The Labute approximate surface area is 143 Å². The number of methoxy groups -OCH3 is 1. The van der Waals surface area contributed by atoms with Gasteiger partial charge in [-0.25, -0.2) is 0 Å². The fraction of sp³-hybridized carbons (Fsp3) is 0.450. The molecule has 1 aromatic heterocycles. The molecule has 0 aliphatic heterocycles. The van der Waals surface area contributed by atoms with E-state index in [1.54, 1.807) is 7.11 Å². The van der Waals surface area contributed by atoms with Crippen LogP contribution in [0.15, 0.2) is 36.4 Å². The van der Waals surface area contributed by atoms with Gasteiger partial charge in [0.25, 0.3) is 0 Å². The molecule has 1 aliphatic carbocycles. The van der Waals surface area contributed by atoms with Crippen LogP contribution in [0, 0.1) is 6.92 Å². The molecule has 2 aromatic rings. The number of hydrogen-bond donors (Lipinski definition) is 2. The molecule has 0 spiro atoms. The van der Waals surface area contributed by atoms with E-state index < -0.39 is 6.10 Å². The fourth-order valence-corrected chi connectivity index (χ4v) is 2.92. The number of aliphatic hydroxyl groups excluding tert-OH is 1. The Morgan fingerprint density at radius 1 is 1.21 bits per heavy atom. The molecule has 0 radical (unpaired) electrons. The Balaban J connectivity index is 1.45. The van der Waals surface area contributed by atoms with Crippen LogP contribution in [0.5, 0.6) is 5.75 Å². The Kier molecular flexibility index (Phi) is 5.48. The third kappa shape index (κ3) is 4.34. The molecule has 4 heteroatoms. The highest BCUT2D eigenvalue weighted by atomic mass is 16.5. The van der Waals surface area contributed by atoms with Gasteiger partial charge in [-0.15, -0.1) is 0 Å². The molecule has 3 rings (SSSR count). The number of pyridine rings is 1. The van der Waals surface area contributed by atoms with E-state index in [4.69, 9.17) is 4.74 Å². The number of nitrogens with zero attached hydrogens (tertiary/aromatic N) is 1. The zero-order chi connectivity index (χ0) is 16.9. The maximum Gasteiger partial charge on any atom is 0.118 e. The highest BCUT2D eigenvalue weighted by Crippen LogP contribution is 2.39. The summed E-state index contributed by atoms with van der Waals surface area (Å²) >= 11 is 0. The van der Waals surface area contributed by atoms with E-state index in [2.05, 4.69) is 28.5 Å². The summed E-state index contributed by atoms with van der Waals surface area (Å²) in [5.74, 6) is 1.53. The van der Waals surface area contributed by atoms with E-state index in [1.807, 2.05) is 25.1 Å². The van der Waals surface area contributed by atoms with Gasteiger partial charge in [-0.3, -0.25) is 4.98 Å². The molecule has 0 unspecified atom stereocenters. The van der Waals surface area contributed by atoms with Gasteiger partial charge < -0.3 is 15.2 Å². The summed E-state index contributed by atoms with van der Waals surface area (Å²) in [5, 5.41) is 13.7. The first-order valence-electron chi connectivity index (χ1n) is 8.66. The van der Waals surface area contributed by atoms with Gasteiger partial charge in [0.2, 0.25) is 0 Å². The minimum atomic E-state index is -0.512. The van der Waals surface area contributed by atoms with Crippen molar-refractivity contribution in [3.8, 4) is 5.75 Å². The molecule has 128 valence electrons. The maximum absolute atomic E-state index is 10.4. The third-order valence-corrected chi connectivity index (χ3v) is 4.59. The van der Waals surface area contributed by atoms with Crippen LogP contribution in [0.25, 0.3) is 0 Å². The topological polar surface area (TPSA) is 54.4 Å². The standard InChI is InChI=1S/C20H26N2O2/c1-14-18(9-10-19(22-14)16-5-6-16)20(23)13-21-12-11-15-3-7-17(24-2)8-4-15/h3-4,7-10,16,20-21,23H,5-6,11-13H2,1-2H3/t20-/m0/s1. The van der Waals surface area contributed by atoms with Crippen LogP contribution >= 0.6 is 0 Å². The molecule has 24 heavy (non-hydrogen) atoms. The van der Waals surface area contributed by atoms with Crippen LogP contribution in [-0.2, 0) is 6.42 Å². The Morgan fingerprint density at radius 3 is 2.58 bits per heavy atom. The molecule has 1 fully saturated rings. The third-order valence-electron chi connectivity index (χ3n) is 4.59. The average molecular weight is 326 g/mol. The molecule has 1 aliphatic rings. The first-order valence-corrected chi connectivity index (χ1v) is 8.66. The van der Waals surface area contributed by atoms with Crippen LogP contribution in [0.2, 0.25) is 0 Å². The lowest BCUT2D eigenvalue weighted by Gasteiger charge is -2.15. The van der Waals surface area contributed by atoms with Crippen LogP contribution in [0.4, 0.5) is 0 Å². The molecule has 0 amide bonds. The van der Waals surface area contributed by atoms with Crippen molar-refractivity contribution in [3.05, 3.63) is 58.9 Å². The second-order valence-corrected chi connectivity index (χ2v) is 6.50. The molecule has 1 heterocycles. The van der Waals surface area contributed by atoms with Crippen LogP contribution in [0.3, 0.4) is 0 Å². The van der Waals surface area contributed by atoms with Crippen LogP contribution < -0.4 is 10.1 Å². The quantitative estimate of drug-likeness (QED) is 0.732. The summed E-state index contributed by atoms with van der Waals surface area (Å²) in [6, 6.07) is 12.2. The van der Waals surface area contributed by atoms with E-state index in [9.17, 15) is 5.11 Å². The van der Waals surface area contributed by atoms with E-state index in [1.165, 1.54) is 24.1 Å². The number of benzene rings is 1. The Morgan fingerprint density at radius 2 is 1.96 bits per heavy atom. The van der Waals surface area contributed by atoms with Crippen molar-refractivity contribution in [2.24, 2.45) is 0 Å². The maximum atomic E-state index is 10.4. The fourth-order valence-electron chi connectivity index (χ4n) is 2.92. The van der Waals surface area contributed by atoms with Gasteiger partial charge in [-0.05, 0) is 56.5 Å². The van der Waals surface area contributed by atoms with Gasteiger partial charge >= 0.3 is 0 Å². The molecule has 4 nitrogen and oxygen atoms in total. The minimum absolute atomic E-state index is 0.512. The first-order chi connectivity index (χ1) is 11.7. The Hall–Kier alpha value is -1.91. The van der Waals surface area contributed by atoms with Gasteiger partial charge in [-0.1, -0.05) is 18.2 Å². The summed E-state index contributed by atoms with van der Waals surface area (Å²) in [7, 11) is 1.67. The van der Waals surface area contributed by atoms with Crippen LogP contribution in [-0.4, -0.2) is 30.3 Å². The minimum Gasteiger partial charge on any atom is -0.497 e. The molecule has 1 atom stereocenters. The molecule has 0 saturated heterocycles. The monoisotopic (exact) mass is 326 g/mol. The number of aromatic nitrogens is 1. The van der Waals surface area contributed by atoms with Crippen molar-refractivity contribution in [1.82, 2.24) is 10.3 Å². The van der Waals surface area contributed by atoms with Gasteiger partial charge in [0.15, 0.2) is 0 Å². The van der Waals surface area contributed by atoms with Gasteiger partial charge in [0.1, 0.15) is 5.75 Å². The predicted molar refractivity (Wildman–Crippen MR) is 95.5 cm³/mol. The summed E-state index contributed by atoms with van der Waals surface area (Å²) in [6.07, 6.45) is 2.92. The highest BCUT2D eigenvalue weighted by molar-refractivity contribution is 5.28. The number of nitrogens with one attached hydrogen (secondary N) is 1. The van der Waals surface area contributed by atoms with Crippen molar-refractivity contribution in [2.75, 3.05) is 20.2 Å². The molecule has 0 bridgehead atoms. The van der Waals surface area contributed by atoms with Crippen molar-refractivity contribution < 1.29 is 9.84 Å². The second kappa shape index (κ2) is 7.77.